The second-order valence-electron chi connectivity index (χ2n) is 9.82. The van der Waals surface area contributed by atoms with Gasteiger partial charge < -0.3 is 15.0 Å². The van der Waals surface area contributed by atoms with E-state index >= 15 is 0 Å². The van der Waals surface area contributed by atoms with Crippen LogP contribution in [0.2, 0.25) is 5.02 Å². The lowest BCUT2D eigenvalue weighted by Crippen LogP contribution is -2.63. The lowest BCUT2D eigenvalue weighted by Gasteiger charge is -2.61. The molecular weight excluding hydrogens is 414 g/mol. The van der Waals surface area contributed by atoms with Crippen molar-refractivity contribution in [3.63, 3.8) is 0 Å². The zero-order valence-electron chi connectivity index (χ0n) is 19.4. The van der Waals surface area contributed by atoms with E-state index in [9.17, 15) is 9.59 Å². The SMILES string of the molecule is COC(=O)[C@@H](NC(=O)N1CCC2(CC1)CN(CC(C)C)C2c1ccc(Cl)cc1)C(C)C. The summed E-state index contributed by atoms with van der Waals surface area (Å²) in [5, 5.41) is 3.63. The fourth-order valence-electron chi connectivity index (χ4n) is 5.14. The predicted molar refractivity (Wildman–Crippen MR) is 123 cm³/mol. The molecule has 2 aliphatic heterocycles. The van der Waals surface area contributed by atoms with E-state index in [0.717, 1.165) is 31.0 Å². The number of ether oxygens (including phenoxy) is 1. The maximum atomic E-state index is 12.8. The Bertz CT molecular complexity index is 773. The Kier molecular flexibility index (Phi) is 7.53. The van der Waals surface area contributed by atoms with Crippen molar-refractivity contribution < 1.29 is 14.3 Å². The number of hydrogen-bond acceptors (Lipinski definition) is 4. The largest absolute Gasteiger partial charge is 0.467 e. The molecule has 6 nitrogen and oxygen atoms in total. The van der Waals surface area contributed by atoms with E-state index in [1.54, 1.807) is 0 Å². The number of carbonyl (C=O) groups excluding carboxylic acids is 2. The van der Waals surface area contributed by atoms with E-state index in [1.807, 2.05) is 30.9 Å². The quantitative estimate of drug-likeness (QED) is 0.656. The standard InChI is InChI=1S/C24H36ClN3O3/c1-16(2)14-28-15-24(21(28)18-6-8-19(25)9-7-18)10-12-27(13-11-24)23(30)26-20(17(3)4)22(29)31-5/h6-9,16-17,20-21H,10-15H2,1-5H3,(H,26,30)/t20-,21?/m0/s1. The summed E-state index contributed by atoms with van der Waals surface area (Å²) >= 11 is 6.13. The number of nitrogens with zero attached hydrogens (tertiary/aromatic N) is 2. The molecule has 2 amide bonds. The number of urea groups is 1. The molecule has 7 heteroatoms. The molecule has 1 aromatic rings. The molecule has 1 unspecified atom stereocenters. The Balaban J connectivity index is 1.67. The van der Waals surface area contributed by atoms with Gasteiger partial charge in [0.05, 0.1) is 7.11 Å². The molecule has 31 heavy (non-hydrogen) atoms. The smallest absolute Gasteiger partial charge is 0.328 e. The number of halogens is 1. The maximum absolute atomic E-state index is 12.8. The molecule has 0 aromatic heterocycles. The summed E-state index contributed by atoms with van der Waals surface area (Å²) in [5.41, 5.74) is 1.49. The topological polar surface area (TPSA) is 61.9 Å². The van der Waals surface area contributed by atoms with Crippen LogP contribution in [-0.2, 0) is 9.53 Å². The number of carbonyl (C=O) groups is 2. The highest BCUT2D eigenvalue weighted by molar-refractivity contribution is 6.30. The fraction of sp³-hybridized carbons (Fsp3) is 0.667. The van der Waals surface area contributed by atoms with Crippen LogP contribution in [0.4, 0.5) is 4.79 Å². The van der Waals surface area contributed by atoms with Crippen molar-refractivity contribution in [1.29, 1.82) is 0 Å². The average Bonchev–Trinajstić information content (AvgIpc) is 2.72. The summed E-state index contributed by atoms with van der Waals surface area (Å²) in [6.45, 7) is 11.8. The number of methoxy groups -OCH3 is 1. The third-order valence-corrected chi connectivity index (χ3v) is 6.95. The minimum absolute atomic E-state index is 0.0296. The fourth-order valence-corrected chi connectivity index (χ4v) is 5.27. The van der Waals surface area contributed by atoms with Crippen molar-refractivity contribution in [2.24, 2.45) is 17.3 Å². The summed E-state index contributed by atoms with van der Waals surface area (Å²) in [6.07, 6.45) is 1.90. The zero-order chi connectivity index (χ0) is 22.8. The average molecular weight is 450 g/mol. The van der Waals surface area contributed by atoms with Gasteiger partial charge in [0.2, 0.25) is 0 Å². The molecule has 3 rings (SSSR count). The summed E-state index contributed by atoms with van der Waals surface area (Å²) in [6, 6.07) is 7.78. The maximum Gasteiger partial charge on any atom is 0.328 e. The lowest BCUT2D eigenvalue weighted by atomic mass is 9.63. The third-order valence-electron chi connectivity index (χ3n) is 6.70. The second kappa shape index (κ2) is 9.78. The molecule has 1 spiro atoms. The van der Waals surface area contributed by atoms with Crippen molar-refractivity contribution >= 4 is 23.6 Å². The number of benzene rings is 1. The highest BCUT2D eigenvalue weighted by atomic mass is 35.5. The van der Waals surface area contributed by atoms with Crippen molar-refractivity contribution in [2.75, 3.05) is 33.3 Å². The molecule has 2 heterocycles. The first kappa shape index (κ1) is 23.9. The number of esters is 1. The summed E-state index contributed by atoms with van der Waals surface area (Å²) in [5.74, 6) is 0.172. The number of amides is 2. The van der Waals surface area contributed by atoms with Crippen LogP contribution >= 0.6 is 11.6 Å². The van der Waals surface area contributed by atoms with Crippen LogP contribution in [0.1, 0.15) is 52.1 Å². The van der Waals surface area contributed by atoms with E-state index in [4.69, 9.17) is 16.3 Å². The molecule has 172 valence electrons. The number of likely N-dealkylation sites (tertiary alicyclic amines) is 2. The molecule has 2 atom stereocenters. The van der Waals surface area contributed by atoms with Crippen molar-refractivity contribution in [3.8, 4) is 0 Å². The first-order chi connectivity index (χ1) is 14.7. The Morgan fingerprint density at radius 1 is 1.16 bits per heavy atom. The van der Waals surface area contributed by atoms with Gasteiger partial charge >= 0.3 is 12.0 Å². The van der Waals surface area contributed by atoms with E-state index in [-0.39, 0.29) is 17.4 Å². The monoisotopic (exact) mass is 449 g/mol. The van der Waals surface area contributed by atoms with Gasteiger partial charge in [-0.1, -0.05) is 51.4 Å². The van der Waals surface area contributed by atoms with E-state index in [1.165, 1.54) is 12.7 Å². The molecule has 2 fully saturated rings. The van der Waals surface area contributed by atoms with E-state index in [2.05, 4.69) is 36.2 Å². The molecular formula is C24H36ClN3O3. The third kappa shape index (κ3) is 5.17. The molecule has 0 saturated carbocycles. The van der Waals surface area contributed by atoms with Crippen LogP contribution in [0.25, 0.3) is 0 Å². The van der Waals surface area contributed by atoms with Gasteiger partial charge in [-0.3, -0.25) is 4.90 Å². The predicted octanol–water partition coefficient (Wildman–Crippen LogP) is 4.34. The Hall–Kier alpha value is -1.79. The molecule has 0 aliphatic carbocycles. The van der Waals surface area contributed by atoms with Gasteiger partial charge in [-0.2, -0.15) is 0 Å². The second-order valence-corrected chi connectivity index (χ2v) is 10.3. The highest BCUT2D eigenvalue weighted by Gasteiger charge is 2.54. The van der Waals surface area contributed by atoms with Crippen LogP contribution in [0, 0.1) is 17.3 Å². The van der Waals surface area contributed by atoms with Crippen LogP contribution in [0.15, 0.2) is 24.3 Å². The Labute approximate surface area is 191 Å². The zero-order valence-corrected chi connectivity index (χ0v) is 20.1. The van der Waals surface area contributed by atoms with Crippen molar-refractivity contribution in [3.05, 3.63) is 34.9 Å². The molecule has 2 aliphatic rings. The van der Waals surface area contributed by atoms with Crippen molar-refractivity contribution in [2.45, 2.75) is 52.6 Å². The van der Waals surface area contributed by atoms with E-state index in [0.29, 0.717) is 25.0 Å². The van der Waals surface area contributed by atoms with Gasteiger partial charge in [-0.25, -0.2) is 9.59 Å². The van der Waals surface area contributed by atoms with Gasteiger partial charge in [-0.15, -0.1) is 0 Å². The van der Waals surface area contributed by atoms with Gasteiger partial charge in [0, 0.05) is 42.7 Å². The molecule has 1 aromatic carbocycles. The van der Waals surface area contributed by atoms with Gasteiger partial charge in [0.15, 0.2) is 0 Å². The normalized spacial score (nSPS) is 21.8. The van der Waals surface area contributed by atoms with Gasteiger partial charge in [0.25, 0.3) is 0 Å². The van der Waals surface area contributed by atoms with Crippen LogP contribution in [0.5, 0.6) is 0 Å². The number of hydrogen-bond donors (Lipinski definition) is 1. The molecule has 2 saturated heterocycles. The molecule has 1 N–H and O–H groups in total. The van der Waals surface area contributed by atoms with Crippen LogP contribution in [0.3, 0.4) is 0 Å². The van der Waals surface area contributed by atoms with Crippen LogP contribution in [-0.4, -0.2) is 61.1 Å². The minimum Gasteiger partial charge on any atom is -0.467 e. The van der Waals surface area contributed by atoms with E-state index < -0.39 is 12.0 Å². The van der Waals surface area contributed by atoms with Crippen LogP contribution < -0.4 is 5.32 Å². The lowest BCUT2D eigenvalue weighted by molar-refractivity contribution is -0.144. The molecule has 0 radical (unpaired) electrons. The van der Waals surface area contributed by atoms with Gasteiger partial charge in [0.1, 0.15) is 6.04 Å². The van der Waals surface area contributed by atoms with Gasteiger partial charge in [-0.05, 0) is 42.4 Å². The minimum atomic E-state index is -0.625. The Morgan fingerprint density at radius 3 is 2.29 bits per heavy atom. The first-order valence-corrected chi connectivity index (χ1v) is 11.7. The summed E-state index contributed by atoms with van der Waals surface area (Å²) < 4.78 is 4.85. The molecule has 0 bridgehead atoms. The number of rotatable bonds is 6. The highest BCUT2D eigenvalue weighted by Crippen LogP contribution is 2.55. The summed E-state index contributed by atoms with van der Waals surface area (Å²) in [4.78, 5) is 29.2. The first-order valence-electron chi connectivity index (χ1n) is 11.3. The number of piperidine rings is 1. The number of nitrogens with one attached hydrogen (secondary N) is 1. The summed E-state index contributed by atoms with van der Waals surface area (Å²) in [7, 11) is 1.35. The van der Waals surface area contributed by atoms with Crippen molar-refractivity contribution in [1.82, 2.24) is 15.1 Å². The Morgan fingerprint density at radius 2 is 1.77 bits per heavy atom.